The second kappa shape index (κ2) is 7.98. The Morgan fingerprint density at radius 2 is 2.04 bits per heavy atom. The molecule has 1 atom stereocenters. The third-order valence-electron chi connectivity index (χ3n) is 4.56. The minimum absolute atomic E-state index is 0.0642. The molecule has 0 bridgehead atoms. The molecular formula is C17H29NO5Si. The molecule has 0 unspecified atom stereocenters. The lowest BCUT2D eigenvalue weighted by Gasteiger charge is -2.37. The van der Waals surface area contributed by atoms with Gasteiger partial charge in [-0.05, 0) is 24.2 Å². The molecule has 136 valence electrons. The molecule has 1 heterocycles. The summed E-state index contributed by atoms with van der Waals surface area (Å²) in [5, 5.41) is 0.0642. The summed E-state index contributed by atoms with van der Waals surface area (Å²) in [5.41, 5.74) is 0.442. The van der Waals surface area contributed by atoms with E-state index in [1.165, 1.54) is 18.1 Å². The Balaban J connectivity index is 2.87. The van der Waals surface area contributed by atoms with Crippen molar-refractivity contribution in [1.29, 1.82) is 0 Å². The van der Waals surface area contributed by atoms with Crippen molar-refractivity contribution in [2.75, 3.05) is 26.9 Å². The zero-order valence-electron chi connectivity index (χ0n) is 15.5. The van der Waals surface area contributed by atoms with Crippen LogP contribution in [-0.2, 0) is 18.7 Å². The fourth-order valence-electron chi connectivity index (χ4n) is 2.00. The van der Waals surface area contributed by atoms with E-state index in [9.17, 15) is 9.59 Å². The van der Waals surface area contributed by atoms with Gasteiger partial charge < -0.3 is 13.9 Å². The van der Waals surface area contributed by atoms with Crippen molar-refractivity contribution in [2.24, 2.45) is 0 Å². The SMILES string of the molecule is C=CCOC(=O)N1CC(C(=O)OC)=C[C@@H]1CO[Si](C)(C)C(C)(C)C. The van der Waals surface area contributed by atoms with E-state index < -0.39 is 20.4 Å². The second-order valence-electron chi connectivity index (χ2n) is 7.32. The van der Waals surface area contributed by atoms with Crippen LogP contribution in [0.2, 0.25) is 18.1 Å². The molecule has 0 aliphatic carbocycles. The lowest BCUT2D eigenvalue weighted by Crippen LogP contribution is -2.46. The fourth-order valence-corrected chi connectivity index (χ4v) is 3.02. The van der Waals surface area contributed by atoms with Crippen LogP contribution in [0.1, 0.15) is 20.8 Å². The number of esters is 1. The minimum atomic E-state index is -1.96. The number of amides is 1. The van der Waals surface area contributed by atoms with E-state index in [0.29, 0.717) is 12.2 Å². The first kappa shape index (κ1) is 20.4. The van der Waals surface area contributed by atoms with E-state index in [-0.39, 0.29) is 24.2 Å². The van der Waals surface area contributed by atoms with Gasteiger partial charge in [0.2, 0.25) is 0 Å². The highest BCUT2D eigenvalue weighted by Crippen LogP contribution is 2.37. The third-order valence-corrected chi connectivity index (χ3v) is 9.06. The molecule has 24 heavy (non-hydrogen) atoms. The van der Waals surface area contributed by atoms with Crippen LogP contribution in [0.5, 0.6) is 0 Å². The molecule has 0 aromatic heterocycles. The Morgan fingerprint density at radius 3 is 2.54 bits per heavy atom. The van der Waals surface area contributed by atoms with Crippen molar-refractivity contribution in [1.82, 2.24) is 4.90 Å². The quantitative estimate of drug-likeness (QED) is 0.416. The minimum Gasteiger partial charge on any atom is -0.466 e. The lowest BCUT2D eigenvalue weighted by atomic mass is 10.2. The van der Waals surface area contributed by atoms with Gasteiger partial charge in [-0.2, -0.15) is 0 Å². The molecule has 1 aliphatic heterocycles. The van der Waals surface area contributed by atoms with Gasteiger partial charge in [-0.25, -0.2) is 9.59 Å². The molecule has 0 saturated carbocycles. The summed E-state index contributed by atoms with van der Waals surface area (Å²) < 4.78 is 16.1. The summed E-state index contributed by atoms with van der Waals surface area (Å²) in [6.07, 6.45) is 2.74. The molecule has 1 amide bonds. The van der Waals surface area contributed by atoms with Gasteiger partial charge in [-0.15, -0.1) is 0 Å². The largest absolute Gasteiger partial charge is 0.466 e. The van der Waals surface area contributed by atoms with Crippen molar-refractivity contribution < 1.29 is 23.5 Å². The summed E-state index contributed by atoms with van der Waals surface area (Å²) >= 11 is 0. The van der Waals surface area contributed by atoms with Gasteiger partial charge >= 0.3 is 12.1 Å². The van der Waals surface area contributed by atoms with Crippen LogP contribution < -0.4 is 0 Å². The first-order valence-corrected chi connectivity index (χ1v) is 10.9. The van der Waals surface area contributed by atoms with Crippen molar-refractivity contribution in [2.45, 2.75) is 44.9 Å². The van der Waals surface area contributed by atoms with E-state index in [1.807, 2.05) is 0 Å². The van der Waals surface area contributed by atoms with E-state index in [4.69, 9.17) is 13.9 Å². The highest BCUT2D eigenvalue weighted by atomic mass is 28.4. The van der Waals surface area contributed by atoms with Gasteiger partial charge in [0.05, 0.1) is 31.9 Å². The molecule has 0 fully saturated rings. The van der Waals surface area contributed by atoms with Gasteiger partial charge in [0.15, 0.2) is 8.32 Å². The van der Waals surface area contributed by atoms with Gasteiger partial charge in [-0.1, -0.05) is 33.4 Å². The summed E-state index contributed by atoms with van der Waals surface area (Å²) in [7, 11) is -0.638. The molecule has 1 aliphatic rings. The van der Waals surface area contributed by atoms with Gasteiger partial charge in [0.25, 0.3) is 0 Å². The molecular weight excluding hydrogens is 326 g/mol. The Hall–Kier alpha value is -1.60. The van der Waals surface area contributed by atoms with Crippen LogP contribution in [0.25, 0.3) is 0 Å². The number of nitrogens with zero attached hydrogens (tertiary/aromatic N) is 1. The van der Waals surface area contributed by atoms with Gasteiger partial charge in [0.1, 0.15) is 6.61 Å². The Morgan fingerprint density at radius 1 is 1.42 bits per heavy atom. The van der Waals surface area contributed by atoms with Crippen molar-refractivity contribution in [3.05, 3.63) is 24.3 Å². The maximum atomic E-state index is 12.2. The van der Waals surface area contributed by atoms with E-state index in [1.54, 1.807) is 6.08 Å². The smallest absolute Gasteiger partial charge is 0.410 e. The molecule has 0 aromatic carbocycles. The predicted molar refractivity (Wildman–Crippen MR) is 95.3 cm³/mol. The fraction of sp³-hybridized carbons (Fsp3) is 0.647. The number of carbonyl (C=O) groups is 2. The average Bonchev–Trinajstić information content (AvgIpc) is 2.93. The van der Waals surface area contributed by atoms with Crippen molar-refractivity contribution >= 4 is 20.4 Å². The molecule has 6 nitrogen and oxygen atoms in total. The van der Waals surface area contributed by atoms with Crippen molar-refractivity contribution in [3.63, 3.8) is 0 Å². The molecule has 0 N–H and O–H groups in total. The summed E-state index contributed by atoms with van der Waals surface area (Å²) in [6.45, 7) is 14.9. The number of carbonyl (C=O) groups excluding carboxylic acids is 2. The number of hydrogen-bond acceptors (Lipinski definition) is 5. The van der Waals surface area contributed by atoms with Crippen LogP contribution in [0, 0.1) is 0 Å². The number of methoxy groups -OCH3 is 1. The van der Waals surface area contributed by atoms with Crippen LogP contribution in [-0.4, -0.2) is 58.2 Å². The van der Waals surface area contributed by atoms with Crippen LogP contribution in [0.15, 0.2) is 24.3 Å². The number of hydrogen-bond donors (Lipinski definition) is 0. The Labute approximate surface area is 145 Å². The highest BCUT2D eigenvalue weighted by molar-refractivity contribution is 6.74. The van der Waals surface area contributed by atoms with Crippen molar-refractivity contribution in [3.8, 4) is 0 Å². The van der Waals surface area contributed by atoms with E-state index >= 15 is 0 Å². The highest BCUT2D eigenvalue weighted by Gasteiger charge is 2.40. The number of rotatable bonds is 6. The zero-order valence-corrected chi connectivity index (χ0v) is 16.5. The van der Waals surface area contributed by atoms with Crippen LogP contribution >= 0.6 is 0 Å². The summed E-state index contributed by atoms with van der Waals surface area (Å²) in [5.74, 6) is -0.439. The maximum Gasteiger partial charge on any atom is 0.410 e. The Kier molecular flexibility index (Phi) is 6.80. The van der Waals surface area contributed by atoms with E-state index in [0.717, 1.165) is 0 Å². The second-order valence-corrected chi connectivity index (χ2v) is 12.1. The third kappa shape index (κ3) is 4.94. The molecule has 0 saturated heterocycles. The first-order chi connectivity index (χ1) is 11.0. The first-order valence-electron chi connectivity index (χ1n) is 8.00. The van der Waals surface area contributed by atoms with Crippen LogP contribution in [0.4, 0.5) is 4.79 Å². The summed E-state index contributed by atoms with van der Waals surface area (Å²) in [4.78, 5) is 25.5. The topological polar surface area (TPSA) is 65.1 Å². The van der Waals surface area contributed by atoms with Crippen LogP contribution in [0.3, 0.4) is 0 Å². The standard InChI is InChI=1S/C17H29NO5Si/c1-8-9-22-16(20)18-11-13(15(19)21-5)10-14(18)12-23-24(6,7)17(2,3)4/h8,10,14H,1,9,11-12H2,2-7H3/t14-/m1/s1. The maximum absolute atomic E-state index is 12.2. The average molecular weight is 356 g/mol. The van der Waals surface area contributed by atoms with Gasteiger partial charge in [0, 0.05) is 0 Å². The molecule has 0 aromatic rings. The number of ether oxygens (including phenoxy) is 2. The predicted octanol–water partition coefficient (Wildman–Crippen LogP) is 3.11. The molecule has 0 radical (unpaired) electrons. The molecule has 1 rings (SSSR count). The molecule has 7 heteroatoms. The lowest BCUT2D eigenvalue weighted by molar-refractivity contribution is -0.136. The summed E-state index contributed by atoms with van der Waals surface area (Å²) in [6, 6.07) is -0.342. The zero-order chi connectivity index (χ0) is 18.5. The van der Waals surface area contributed by atoms with E-state index in [2.05, 4.69) is 40.4 Å². The van der Waals surface area contributed by atoms with Gasteiger partial charge in [-0.3, -0.25) is 4.90 Å². The Bertz CT molecular complexity index is 522. The normalized spacial score (nSPS) is 18.2. The molecule has 0 spiro atoms. The monoisotopic (exact) mass is 355 g/mol.